The van der Waals surface area contributed by atoms with Gasteiger partial charge in [-0.15, -0.1) is 0 Å². The monoisotopic (exact) mass is 316 g/mol. The third-order valence-corrected chi connectivity index (χ3v) is 3.59. The van der Waals surface area contributed by atoms with E-state index in [9.17, 15) is 9.18 Å². The molecule has 4 nitrogen and oxygen atoms in total. The molecular formula is C12H14BrFN2O2. The third kappa shape index (κ3) is 3.07. The lowest BCUT2D eigenvalue weighted by Crippen LogP contribution is -2.35. The number of rotatable bonds is 3. The van der Waals surface area contributed by atoms with Crippen molar-refractivity contribution < 1.29 is 13.9 Å². The fraction of sp³-hybridized carbons (Fsp3) is 0.417. The summed E-state index contributed by atoms with van der Waals surface area (Å²) >= 11 is 3.21. The molecule has 1 aliphatic rings. The molecule has 2 unspecified atom stereocenters. The number of hydrogen-bond acceptors (Lipinski definition) is 3. The molecule has 1 aliphatic heterocycles. The van der Waals surface area contributed by atoms with Crippen molar-refractivity contribution in [3.05, 3.63) is 28.5 Å². The Kier molecular flexibility index (Phi) is 4.31. The molecule has 0 aliphatic carbocycles. The second kappa shape index (κ2) is 5.77. The Morgan fingerprint density at radius 1 is 1.61 bits per heavy atom. The van der Waals surface area contributed by atoms with Crippen molar-refractivity contribution in [2.45, 2.75) is 18.6 Å². The van der Waals surface area contributed by atoms with Gasteiger partial charge in [0.1, 0.15) is 5.82 Å². The zero-order valence-corrected chi connectivity index (χ0v) is 11.5. The Morgan fingerprint density at radius 2 is 2.39 bits per heavy atom. The summed E-state index contributed by atoms with van der Waals surface area (Å²) in [6.07, 6.45) is 0.707. The quantitative estimate of drug-likeness (QED) is 0.895. The number of methoxy groups -OCH3 is 1. The van der Waals surface area contributed by atoms with Gasteiger partial charge in [-0.05, 0) is 40.5 Å². The lowest BCUT2D eigenvalue weighted by Gasteiger charge is -2.12. The van der Waals surface area contributed by atoms with E-state index in [0.717, 1.165) is 0 Å². The number of carbonyl (C=O) groups is 1. The van der Waals surface area contributed by atoms with E-state index in [1.165, 1.54) is 18.2 Å². The zero-order chi connectivity index (χ0) is 13.1. The first-order chi connectivity index (χ1) is 8.60. The third-order valence-electron chi connectivity index (χ3n) is 2.93. The van der Waals surface area contributed by atoms with Crippen LogP contribution >= 0.6 is 15.9 Å². The molecule has 1 aromatic rings. The number of ether oxygens (including phenoxy) is 1. The second-order valence-corrected chi connectivity index (χ2v) is 5.02. The minimum atomic E-state index is -0.349. The molecule has 0 aromatic heterocycles. The number of anilines is 1. The topological polar surface area (TPSA) is 50.4 Å². The van der Waals surface area contributed by atoms with Gasteiger partial charge >= 0.3 is 0 Å². The predicted octanol–water partition coefficient (Wildman–Crippen LogP) is 1.90. The highest BCUT2D eigenvalue weighted by atomic mass is 79.9. The van der Waals surface area contributed by atoms with Gasteiger partial charge in [0, 0.05) is 18.1 Å². The summed E-state index contributed by atoms with van der Waals surface area (Å²) in [6.45, 7) is 0.666. The van der Waals surface area contributed by atoms with E-state index in [4.69, 9.17) is 4.74 Å². The van der Waals surface area contributed by atoms with Crippen LogP contribution < -0.4 is 10.6 Å². The second-order valence-electron chi connectivity index (χ2n) is 4.17. The molecule has 0 radical (unpaired) electrons. The average molecular weight is 317 g/mol. The van der Waals surface area contributed by atoms with Gasteiger partial charge in [-0.3, -0.25) is 4.79 Å². The van der Waals surface area contributed by atoms with Crippen LogP contribution in [0.15, 0.2) is 22.7 Å². The Balaban J connectivity index is 1.99. The van der Waals surface area contributed by atoms with Crippen LogP contribution in [0, 0.1) is 5.82 Å². The summed E-state index contributed by atoms with van der Waals surface area (Å²) in [4.78, 5) is 12.0. The van der Waals surface area contributed by atoms with Crippen molar-refractivity contribution in [1.29, 1.82) is 0 Å². The van der Waals surface area contributed by atoms with Crippen LogP contribution in [0.2, 0.25) is 0 Å². The molecule has 1 fully saturated rings. The zero-order valence-electron chi connectivity index (χ0n) is 9.87. The number of nitrogens with one attached hydrogen (secondary N) is 2. The van der Waals surface area contributed by atoms with Crippen LogP contribution in [0.25, 0.3) is 0 Å². The van der Waals surface area contributed by atoms with E-state index >= 15 is 0 Å². The highest BCUT2D eigenvalue weighted by Crippen LogP contribution is 2.23. The van der Waals surface area contributed by atoms with Gasteiger partial charge < -0.3 is 15.4 Å². The van der Waals surface area contributed by atoms with Crippen LogP contribution in [0.5, 0.6) is 0 Å². The molecule has 2 N–H and O–H groups in total. The Morgan fingerprint density at radius 3 is 3.00 bits per heavy atom. The number of amides is 1. The minimum absolute atomic E-state index is 0.0670. The minimum Gasteiger partial charge on any atom is -0.380 e. The van der Waals surface area contributed by atoms with Crippen LogP contribution in [-0.2, 0) is 9.53 Å². The van der Waals surface area contributed by atoms with Crippen LogP contribution in [0.3, 0.4) is 0 Å². The van der Waals surface area contributed by atoms with E-state index in [-0.39, 0.29) is 23.9 Å². The van der Waals surface area contributed by atoms with Crippen molar-refractivity contribution in [3.63, 3.8) is 0 Å². The van der Waals surface area contributed by atoms with Crippen molar-refractivity contribution in [2.75, 3.05) is 19.0 Å². The summed E-state index contributed by atoms with van der Waals surface area (Å²) in [5.41, 5.74) is 0.559. The van der Waals surface area contributed by atoms with Gasteiger partial charge in [0.25, 0.3) is 0 Å². The Hall–Kier alpha value is -0.980. The SMILES string of the molecule is COC1CNC(C(=O)Nc2ccc(F)cc2Br)C1. The first-order valence-electron chi connectivity index (χ1n) is 5.62. The first kappa shape index (κ1) is 13.5. The summed E-state index contributed by atoms with van der Waals surface area (Å²) in [7, 11) is 1.63. The maximum atomic E-state index is 12.9. The lowest BCUT2D eigenvalue weighted by molar-refractivity contribution is -0.118. The maximum Gasteiger partial charge on any atom is 0.241 e. The molecule has 1 heterocycles. The molecule has 0 bridgehead atoms. The van der Waals surface area contributed by atoms with Gasteiger partial charge in [0.2, 0.25) is 5.91 Å². The molecule has 1 aromatic carbocycles. The fourth-order valence-corrected chi connectivity index (χ4v) is 2.34. The lowest BCUT2D eigenvalue weighted by atomic mass is 10.2. The van der Waals surface area contributed by atoms with Crippen LogP contribution in [0.4, 0.5) is 10.1 Å². The smallest absolute Gasteiger partial charge is 0.241 e. The van der Waals surface area contributed by atoms with Crippen LogP contribution in [0.1, 0.15) is 6.42 Å². The standard InChI is InChI=1S/C12H14BrFN2O2/c1-18-8-5-11(15-6-8)12(17)16-10-3-2-7(14)4-9(10)13/h2-4,8,11,15H,5-6H2,1H3,(H,16,17). The highest BCUT2D eigenvalue weighted by molar-refractivity contribution is 9.10. The molecule has 1 amide bonds. The van der Waals surface area contributed by atoms with Crippen molar-refractivity contribution in [2.24, 2.45) is 0 Å². The first-order valence-corrected chi connectivity index (χ1v) is 6.41. The summed E-state index contributed by atoms with van der Waals surface area (Å²) in [6, 6.07) is 3.88. The Labute approximate surface area is 113 Å². The summed E-state index contributed by atoms with van der Waals surface area (Å²) in [5.74, 6) is -0.486. The van der Waals surface area contributed by atoms with E-state index in [2.05, 4.69) is 26.6 Å². The van der Waals surface area contributed by atoms with Gasteiger partial charge in [-0.25, -0.2) is 4.39 Å². The summed E-state index contributed by atoms with van der Waals surface area (Å²) < 4.78 is 18.6. The average Bonchev–Trinajstić information content (AvgIpc) is 2.81. The normalized spacial score (nSPS) is 23.1. The van der Waals surface area contributed by atoms with Crippen LogP contribution in [-0.4, -0.2) is 31.7 Å². The number of carbonyl (C=O) groups excluding carboxylic acids is 1. The number of hydrogen-bond donors (Lipinski definition) is 2. The van der Waals surface area contributed by atoms with Gasteiger partial charge in [0.05, 0.1) is 17.8 Å². The number of halogens is 2. The van der Waals surface area contributed by atoms with Crippen molar-refractivity contribution >= 4 is 27.5 Å². The van der Waals surface area contributed by atoms with Crippen molar-refractivity contribution in [3.8, 4) is 0 Å². The molecule has 2 rings (SSSR count). The molecule has 18 heavy (non-hydrogen) atoms. The highest BCUT2D eigenvalue weighted by Gasteiger charge is 2.29. The summed E-state index contributed by atoms with van der Waals surface area (Å²) in [5, 5.41) is 5.84. The molecule has 98 valence electrons. The number of benzene rings is 1. The molecule has 6 heteroatoms. The van der Waals surface area contributed by atoms with Gasteiger partial charge in [-0.2, -0.15) is 0 Å². The van der Waals surface area contributed by atoms with E-state index in [1.54, 1.807) is 7.11 Å². The van der Waals surface area contributed by atoms with E-state index in [1.807, 2.05) is 0 Å². The molecule has 0 saturated carbocycles. The van der Waals surface area contributed by atoms with Crippen molar-refractivity contribution in [1.82, 2.24) is 5.32 Å². The Bertz CT molecular complexity index is 456. The maximum absolute atomic E-state index is 12.9. The van der Waals surface area contributed by atoms with Gasteiger partial charge in [-0.1, -0.05) is 0 Å². The van der Waals surface area contributed by atoms with E-state index in [0.29, 0.717) is 23.1 Å². The predicted molar refractivity (Wildman–Crippen MR) is 69.9 cm³/mol. The fourth-order valence-electron chi connectivity index (χ4n) is 1.89. The largest absolute Gasteiger partial charge is 0.380 e. The molecule has 2 atom stereocenters. The van der Waals surface area contributed by atoms with Gasteiger partial charge in [0.15, 0.2) is 0 Å². The van der Waals surface area contributed by atoms with E-state index < -0.39 is 0 Å². The molecular weight excluding hydrogens is 303 g/mol. The molecule has 0 spiro atoms. The molecule has 1 saturated heterocycles.